The lowest BCUT2D eigenvalue weighted by molar-refractivity contribution is -0.0234. The highest BCUT2D eigenvalue weighted by molar-refractivity contribution is 6.14. The second-order valence-corrected chi connectivity index (χ2v) is 5.97. The Morgan fingerprint density at radius 3 is 2.93 bits per heavy atom. The van der Waals surface area contributed by atoms with Crippen molar-refractivity contribution in [2.75, 3.05) is 13.2 Å². The number of carbonyl (C=O) groups excluding carboxylic acids is 1. The number of hydrogen-bond acceptors (Lipinski definition) is 2. The third-order valence-corrected chi connectivity index (χ3v) is 4.02. The summed E-state index contributed by atoms with van der Waals surface area (Å²) in [5.41, 5.74) is 4.97. The normalized spacial score (nSPS) is 27.4. The molecule has 14 heavy (non-hydrogen) atoms. The molecule has 0 saturated carbocycles. The van der Waals surface area contributed by atoms with Gasteiger partial charge in [0.2, 0.25) is 0 Å². The molecule has 1 heterocycles. The molecule has 1 saturated heterocycles. The minimum atomic E-state index is -0.433. The van der Waals surface area contributed by atoms with Crippen molar-refractivity contribution in [1.82, 2.24) is 5.32 Å². The first kappa shape index (κ1) is 11.5. The maximum absolute atomic E-state index is 10.4. The molecule has 1 atom stereocenters. The van der Waals surface area contributed by atoms with E-state index in [1.54, 1.807) is 0 Å². The Morgan fingerprint density at radius 2 is 2.36 bits per heavy atom. The highest BCUT2D eigenvalue weighted by atomic mass is 28.1. The number of ether oxygens (including phenoxy) is 1. The largest absolute Gasteiger partial charge is 0.380 e. The van der Waals surface area contributed by atoms with Gasteiger partial charge in [0.1, 0.15) is 0 Å². The molecule has 1 unspecified atom stereocenters. The van der Waals surface area contributed by atoms with Crippen LogP contribution in [-0.2, 0) is 4.74 Å². The average molecular weight is 216 g/mol. The summed E-state index contributed by atoms with van der Waals surface area (Å²) in [6.07, 6.45) is 5.69. The fourth-order valence-electron chi connectivity index (χ4n) is 1.86. The Balaban J connectivity index is 2.12. The molecule has 0 radical (unpaired) electrons. The smallest absolute Gasteiger partial charge is 0.312 e. The third kappa shape index (κ3) is 4.10. The van der Waals surface area contributed by atoms with Crippen LogP contribution in [-0.4, -0.2) is 34.6 Å². The summed E-state index contributed by atoms with van der Waals surface area (Å²) in [5, 5.41) is 2.77. The van der Waals surface area contributed by atoms with E-state index < -0.39 is 6.03 Å². The minimum absolute atomic E-state index is 0.164. The van der Waals surface area contributed by atoms with Crippen molar-refractivity contribution in [3.05, 3.63) is 0 Å². The van der Waals surface area contributed by atoms with Gasteiger partial charge in [-0.1, -0.05) is 0 Å². The van der Waals surface area contributed by atoms with Crippen molar-refractivity contribution < 1.29 is 9.53 Å². The zero-order valence-electron chi connectivity index (χ0n) is 8.84. The van der Waals surface area contributed by atoms with Crippen molar-refractivity contribution in [2.45, 2.75) is 37.3 Å². The van der Waals surface area contributed by atoms with Gasteiger partial charge < -0.3 is 15.8 Å². The van der Waals surface area contributed by atoms with E-state index in [0.29, 0.717) is 6.54 Å². The number of nitrogens with two attached hydrogens (primary N) is 1. The summed E-state index contributed by atoms with van der Waals surface area (Å²) in [5.74, 6) is 0. The summed E-state index contributed by atoms with van der Waals surface area (Å²) in [6, 6.07) is -0.433. The van der Waals surface area contributed by atoms with Gasteiger partial charge in [-0.15, -0.1) is 0 Å². The monoisotopic (exact) mass is 216 g/mol. The highest BCUT2D eigenvalue weighted by Crippen LogP contribution is 2.25. The van der Waals surface area contributed by atoms with Crippen LogP contribution in [0.4, 0.5) is 4.79 Å². The van der Waals surface area contributed by atoms with Crippen molar-refractivity contribution in [2.24, 2.45) is 5.73 Å². The molecule has 1 aliphatic rings. The first-order valence-electron chi connectivity index (χ1n) is 5.30. The quantitative estimate of drug-likeness (QED) is 0.500. The van der Waals surface area contributed by atoms with Gasteiger partial charge in [-0.2, -0.15) is 0 Å². The lowest BCUT2D eigenvalue weighted by atomic mass is 10.0. The predicted octanol–water partition coefficient (Wildman–Crippen LogP) is -0.303. The van der Waals surface area contributed by atoms with Crippen LogP contribution in [0.5, 0.6) is 0 Å². The van der Waals surface area contributed by atoms with Crippen LogP contribution in [0.3, 0.4) is 0 Å². The zero-order chi connectivity index (χ0) is 10.4. The Kier molecular flexibility index (Phi) is 4.41. The molecule has 3 N–H and O–H groups in total. The van der Waals surface area contributed by atoms with Crippen LogP contribution in [0.15, 0.2) is 0 Å². The van der Waals surface area contributed by atoms with Crippen LogP contribution in [0, 0.1) is 0 Å². The SMILES string of the molecule is NC(=O)NCCCC1([SiH3])CCCCO1. The van der Waals surface area contributed by atoms with Gasteiger partial charge in [-0.3, -0.25) is 0 Å². The summed E-state index contributed by atoms with van der Waals surface area (Å²) in [4.78, 5) is 10.4. The first-order valence-corrected chi connectivity index (χ1v) is 6.30. The molecular formula is C9H20N2O2Si. The molecule has 2 amide bonds. The van der Waals surface area contributed by atoms with Crippen molar-refractivity contribution >= 4 is 16.3 Å². The molecular weight excluding hydrogens is 196 g/mol. The molecule has 1 rings (SSSR count). The van der Waals surface area contributed by atoms with Crippen LogP contribution in [0.2, 0.25) is 0 Å². The Labute approximate surface area is 88.0 Å². The lowest BCUT2D eigenvalue weighted by Gasteiger charge is -2.34. The highest BCUT2D eigenvalue weighted by Gasteiger charge is 2.26. The third-order valence-electron chi connectivity index (χ3n) is 2.73. The number of carbonyl (C=O) groups is 1. The Bertz CT molecular complexity index is 193. The number of rotatable bonds is 4. The number of urea groups is 1. The van der Waals surface area contributed by atoms with E-state index in [1.807, 2.05) is 0 Å². The number of primary amides is 1. The zero-order valence-corrected chi connectivity index (χ0v) is 10.8. The predicted molar refractivity (Wildman–Crippen MR) is 59.3 cm³/mol. The Morgan fingerprint density at radius 1 is 1.57 bits per heavy atom. The van der Waals surface area contributed by atoms with Crippen LogP contribution < -0.4 is 11.1 Å². The van der Waals surface area contributed by atoms with Gasteiger partial charge in [0.05, 0.1) is 0 Å². The summed E-state index contributed by atoms with van der Waals surface area (Å²) < 4.78 is 5.79. The van der Waals surface area contributed by atoms with Crippen molar-refractivity contribution in [3.8, 4) is 0 Å². The fraction of sp³-hybridized carbons (Fsp3) is 0.889. The molecule has 82 valence electrons. The van der Waals surface area contributed by atoms with Crippen LogP contribution in [0.1, 0.15) is 32.1 Å². The van der Waals surface area contributed by atoms with E-state index >= 15 is 0 Å². The Hall–Kier alpha value is -0.553. The van der Waals surface area contributed by atoms with E-state index in [0.717, 1.165) is 29.7 Å². The van der Waals surface area contributed by atoms with Gasteiger partial charge in [0.15, 0.2) is 0 Å². The molecule has 1 aliphatic heterocycles. The number of amides is 2. The minimum Gasteiger partial charge on any atom is -0.380 e. The number of nitrogens with one attached hydrogen (secondary N) is 1. The molecule has 0 aromatic rings. The molecule has 0 aromatic heterocycles. The average Bonchev–Trinajstić information content (AvgIpc) is 2.14. The van der Waals surface area contributed by atoms with Gasteiger partial charge in [0.25, 0.3) is 0 Å². The molecule has 1 fully saturated rings. The van der Waals surface area contributed by atoms with Crippen LogP contribution >= 0.6 is 0 Å². The summed E-state index contributed by atoms with van der Waals surface area (Å²) in [6.45, 7) is 1.58. The lowest BCUT2D eigenvalue weighted by Crippen LogP contribution is -2.38. The van der Waals surface area contributed by atoms with Crippen LogP contribution in [0.25, 0.3) is 0 Å². The molecule has 5 heteroatoms. The topological polar surface area (TPSA) is 64.4 Å². The summed E-state index contributed by atoms with van der Waals surface area (Å²) >= 11 is 0. The number of hydrogen-bond donors (Lipinski definition) is 2. The van der Waals surface area contributed by atoms with E-state index in [4.69, 9.17) is 10.5 Å². The maximum Gasteiger partial charge on any atom is 0.312 e. The van der Waals surface area contributed by atoms with Gasteiger partial charge in [-0.25, -0.2) is 4.79 Å². The molecule has 0 bridgehead atoms. The van der Waals surface area contributed by atoms with Crippen molar-refractivity contribution in [3.63, 3.8) is 0 Å². The van der Waals surface area contributed by atoms with Gasteiger partial charge in [0, 0.05) is 28.6 Å². The molecule has 0 spiro atoms. The van der Waals surface area contributed by atoms with E-state index in [9.17, 15) is 4.79 Å². The standard InChI is InChI=1S/C9H20N2O2Si/c10-8(12)11-6-3-5-9(14)4-1-2-7-13-9/h1-7H2,14H3,(H3,10,11,12). The second-order valence-electron chi connectivity index (χ2n) is 4.15. The van der Waals surface area contributed by atoms with E-state index in [2.05, 4.69) is 5.32 Å². The van der Waals surface area contributed by atoms with Gasteiger partial charge >= 0.3 is 6.03 Å². The van der Waals surface area contributed by atoms with Gasteiger partial charge in [-0.05, 0) is 32.1 Å². The van der Waals surface area contributed by atoms with E-state index in [1.165, 1.54) is 19.3 Å². The maximum atomic E-state index is 10.4. The van der Waals surface area contributed by atoms with Crippen molar-refractivity contribution in [1.29, 1.82) is 0 Å². The molecule has 0 aromatic carbocycles. The summed E-state index contributed by atoms with van der Waals surface area (Å²) in [7, 11) is 1.08. The first-order chi connectivity index (χ1) is 6.62. The fourth-order valence-corrected chi connectivity index (χ4v) is 2.77. The van der Waals surface area contributed by atoms with E-state index in [-0.39, 0.29) is 5.22 Å². The molecule has 0 aliphatic carbocycles. The molecule has 4 nitrogen and oxygen atoms in total. The second kappa shape index (κ2) is 5.36.